The Kier molecular flexibility index (Phi) is 7.68. The van der Waals surface area contributed by atoms with Crippen LogP contribution in [0, 0.1) is 6.92 Å². The van der Waals surface area contributed by atoms with Crippen molar-refractivity contribution in [2.24, 2.45) is 0 Å². The molecule has 0 atom stereocenters. The number of ether oxygens (including phenoxy) is 1. The monoisotopic (exact) mass is 430 g/mol. The Morgan fingerprint density at radius 3 is 2.10 bits per heavy atom. The summed E-state index contributed by atoms with van der Waals surface area (Å²) in [5.41, 5.74) is 2.28. The van der Waals surface area contributed by atoms with Crippen molar-refractivity contribution in [3.63, 3.8) is 0 Å². The van der Waals surface area contributed by atoms with Crippen LogP contribution in [-0.2, 0) is 9.59 Å². The van der Waals surface area contributed by atoms with Gasteiger partial charge in [-0.25, -0.2) is 0 Å². The number of methoxy groups -OCH3 is 1. The van der Waals surface area contributed by atoms with Gasteiger partial charge in [-0.15, -0.1) is 0 Å². The summed E-state index contributed by atoms with van der Waals surface area (Å²) in [6.45, 7) is 5.43. The Hall–Kier alpha value is -2.61. The van der Waals surface area contributed by atoms with Gasteiger partial charge in [0.25, 0.3) is 0 Å². The normalized spacial score (nSPS) is 14.9. The number of aryl methyl sites for hydroxylation is 1. The molecule has 8 heteroatoms. The maximum Gasteiger partial charge on any atom is 0.238 e. The van der Waals surface area contributed by atoms with Gasteiger partial charge in [-0.3, -0.25) is 19.4 Å². The average molecular weight is 431 g/mol. The van der Waals surface area contributed by atoms with Crippen LogP contribution in [0.2, 0.25) is 5.02 Å². The highest BCUT2D eigenvalue weighted by molar-refractivity contribution is 6.31. The number of halogens is 1. The number of amides is 2. The van der Waals surface area contributed by atoms with Gasteiger partial charge < -0.3 is 15.4 Å². The third-order valence-electron chi connectivity index (χ3n) is 5.01. The minimum Gasteiger partial charge on any atom is -0.495 e. The fourth-order valence-corrected chi connectivity index (χ4v) is 3.51. The molecule has 3 rings (SSSR count). The number of para-hydroxylation sites is 1. The van der Waals surface area contributed by atoms with E-state index in [-0.39, 0.29) is 18.4 Å². The van der Waals surface area contributed by atoms with E-state index in [1.165, 1.54) is 0 Å². The molecule has 0 saturated carbocycles. The lowest BCUT2D eigenvalue weighted by atomic mass is 10.2. The fourth-order valence-electron chi connectivity index (χ4n) is 3.35. The predicted molar refractivity (Wildman–Crippen MR) is 119 cm³/mol. The number of piperazine rings is 1. The van der Waals surface area contributed by atoms with Gasteiger partial charge in [0.2, 0.25) is 11.8 Å². The van der Waals surface area contributed by atoms with Crippen LogP contribution in [0.1, 0.15) is 5.56 Å². The number of nitrogens with zero attached hydrogens (tertiary/aromatic N) is 2. The number of nitrogens with one attached hydrogen (secondary N) is 2. The van der Waals surface area contributed by atoms with Crippen LogP contribution in [0.15, 0.2) is 42.5 Å². The van der Waals surface area contributed by atoms with Crippen molar-refractivity contribution in [3.8, 4) is 5.75 Å². The summed E-state index contributed by atoms with van der Waals surface area (Å²) in [5, 5.41) is 6.40. The molecule has 2 aromatic rings. The summed E-state index contributed by atoms with van der Waals surface area (Å²) in [7, 11) is 1.55. The second-order valence-corrected chi connectivity index (χ2v) is 7.72. The van der Waals surface area contributed by atoms with Gasteiger partial charge in [0.05, 0.1) is 25.9 Å². The highest BCUT2D eigenvalue weighted by atomic mass is 35.5. The first-order valence-electron chi connectivity index (χ1n) is 9.88. The topological polar surface area (TPSA) is 73.9 Å². The molecule has 1 saturated heterocycles. The van der Waals surface area contributed by atoms with E-state index >= 15 is 0 Å². The van der Waals surface area contributed by atoms with Crippen molar-refractivity contribution < 1.29 is 14.3 Å². The predicted octanol–water partition coefficient (Wildman–Crippen LogP) is 2.85. The lowest BCUT2D eigenvalue weighted by Gasteiger charge is -2.33. The molecule has 160 valence electrons. The van der Waals surface area contributed by atoms with E-state index in [9.17, 15) is 9.59 Å². The Morgan fingerprint density at radius 1 is 0.967 bits per heavy atom. The molecule has 0 unspecified atom stereocenters. The third kappa shape index (κ3) is 6.19. The van der Waals surface area contributed by atoms with Crippen LogP contribution < -0.4 is 15.4 Å². The Labute approximate surface area is 181 Å². The van der Waals surface area contributed by atoms with Crippen LogP contribution in [0.4, 0.5) is 11.4 Å². The van der Waals surface area contributed by atoms with Gasteiger partial charge in [0.15, 0.2) is 0 Å². The molecule has 1 fully saturated rings. The van der Waals surface area contributed by atoms with E-state index in [1.54, 1.807) is 13.2 Å². The lowest BCUT2D eigenvalue weighted by Crippen LogP contribution is -2.50. The number of carbonyl (C=O) groups excluding carboxylic acids is 2. The van der Waals surface area contributed by atoms with Gasteiger partial charge in [0.1, 0.15) is 5.75 Å². The van der Waals surface area contributed by atoms with Gasteiger partial charge >= 0.3 is 0 Å². The van der Waals surface area contributed by atoms with Crippen molar-refractivity contribution in [3.05, 3.63) is 53.1 Å². The van der Waals surface area contributed by atoms with E-state index in [0.29, 0.717) is 23.0 Å². The van der Waals surface area contributed by atoms with E-state index < -0.39 is 0 Å². The molecule has 0 spiro atoms. The number of benzene rings is 2. The highest BCUT2D eigenvalue weighted by Gasteiger charge is 2.21. The van der Waals surface area contributed by atoms with E-state index in [1.807, 2.05) is 43.3 Å². The first-order chi connectivity index (χ1) is 14.4. The maximum atomic E-state index is 12.5. The molecule has 1 heterocycles. The van der Waals surface area contributed by atoms with Gasteiger partial charge in [-0.2, -0.15) is 0 Å². The first-order valence-corrected chi connectivity index (χ1v) is 10.3. The minimum absolute atomic E-state index is 0.0300. The largest absolute Gasteiger partial charge is 0.495 e. The van der Waals surface area contributed by atoms with Crippen molar-refractivity contribution >= 4 is 34.8 Å². The van der Waals surface area contributed by atoms with Gasteiger partial charge in [-0.1, -0.05) is 29.8 Å². The van der Waals surface area contributed by atoms with E-state index in [4.69, 9.17) is 16.3 Å². The zero-order valence-electron chi connectivity index (χ0n) is 17.3. The second kappa shape index (κ2) is 10.4. The average Bonchev–Trinajstić information content (AvgIpc) is 2.72. The molecule has 0 aliphatic carbocycles. The zero-order chi connectivity index (χ0) is 21.5. The molecular formula is C22H27ClN4O3. The molecular weight excluding hydrogens is 404 g/mol. The standard InChI is InChI=1S/C22H27ClN4O3/c1-16-12-19(20(30-2)13-18(16)23)25-22(29)15-27-10-8-26(9-11-27)14-21(28)24-17-6-4-3-5-7-17/h3-7,12-13H,8-11,14-15H2,1-2H3,(H,24,28)(H,25,29). The van der Waals surface area contributed by atoms with Gasteiger partial charge in [0, 0.05) is 43.0 Å². The summed E-state index contributed by atoms with van der Waals surface area (Å²) < 4.78 is 5.31. The van der Waals surface area contributed by atoms with Crippen molar-refractivity contribution in [1.29, 1.82) is 0 Å². The molecule has 2 amide bonds. The maximum absolute atomic E-state index is 12.5. The van der Waals surface area contributed by atoms with Crippen LogP contribution in [0.25, 0.3) is 0 Å². The molecule has 1 aliphatic heterocycles. The summed E-state index contributed by atoms with van der Waals surface area (Å²) >= 11 is 6.12. The summed E-state index contributed by atoms with van der Waals surface area (Å²) in [5.74, 6) is 0.399. The molecule has 0 radical (unpaired) electrons. The molecule has 0 bridgehead atoms. The molecule has 1 aliphatic rings. The van der Waals surface area contributed by atoms with Crippen molar-refractivity contribution in [2.45, 2.75) is 6.92 Å². The van der Waals surface area contributed by atoms with Crippen molar-refractivity contribution in [2.75, 3.05) is 57.0 Å². The van der Waals surface area contributed by atoms with Crippen LogP contribution >= 0.6 is 11.6 Å². The smallest absolute Gasteiger partial charge is 0.238 e. The number of hydrogen-bond donors (Lipinski definition) is 2. The lowest BCUT2D eigenvalue weighted by molar-refractivity contribution is -0.120. The third-order valence-corrected chi connectivity index (χ3v) is 5.42. The Morgan fingerprint density at radius 2 is 1.53 bits per heavy atom. The summed E-state index contributed by atoms with van der Waals surface area (Å²) in [4.78, 5) is 28.9. The SMILES string of the molecule is COc1cc(Cl)c(C)cc1NC(=O)CN1CCN(CC(=O)Nc2ccccc2)CC1. The first kappa shape index (κ1) is 22.1. The molecule has 30 heavy (non-hydrogen) atoms. The Bertz CT molecular complexity index is 883. The number of anilines is 2. The molecule has 0 aromatic heterocycles. The number of carbonyl (C=O) groups is 2. The van der Waals surface area contributed by atoms with Gasteiger partial charge in [-0.05, 0) is 30.7 Å². The summed E-state index contributed by atoms with van der Waals surface area (Å²) in [6.07, 6.45) is 0. The molecule has 2 aromatic carbocycles. The summed E-state index contributed by atoms with van der Waals surface area (Å²) in [6, 6.07) is 12.9. The fraction of sp³-hybridized carbons (Fsp3) is 0.364. The Balaban J connectivity index is 1.44. The molecule has 7 nitrogen and oxygen atoms in total. The van der Waals surface area contributed by atoms with Crippen LogP contribution in [0.3, 0.4) is 0 Å². The quantitative estimate of drug-likeness (QED) is 0.706. The zero-order valence-corrected chi connectivity index (χ0v) is 18.0. The van der Waals surface area contributed by atoms with Crippen molar-refractivity contribution in [1.82, 2.24) is 9.80 Å². The van der Waals surface area contributed by atoms with E-state index in [2.05, 4.69) is 20.4 Å². The molecule has 2 N–H and O–H groups in total. The number of hydrogen-bond acceptors (Lipinski definition) is 5. The second-order valence-electron chi connectivity index (χ2n) is 7.32. The van der Waals surface area contributed by atoms with Crippen LogP contribution in [0.5, 0.6) is 5.75 Å². The number of rotatable bonds is 7. The van der Waals surface area contributed by atoms with Crippen LogP contribution in [-0.4, -0.2) is 68.0 Å². The highest BCUT2D eigenvalue weighted by Crippen LogP contribution is 2.30. The minimum atomic E-state index is -0.106. The van der Waals surface area contributed by atoms with E-state index in [0.717, 1.165) is 37.4 Å².